The van der Waals surface area contributed by atoms with Crippen LogP contribution in [0.5, 0.6) is 0 Å². The zero-order valence-electron chi connectivity index (χ0n) is 14.3. The molecule has 0 aromatic heterocycles. The van der Waals surface area contributed by atoms with Gasteiger partial charge in [-0.3, -0.25) is 0 Å². The summed E-state index contributed by atoms with van der Waals surface area (Å²) in [7, 11) is 2.35. The Morgan fingerprint density at radius 3 is 2.40 bits per heavy atom. The van der Waals surface area contributed by atoms with E-state index in [1.165, 1.54) is 57.9 Å². The molecule has 2 fully saturated rings. The standard InChI is InChI=1S/C18H36N2/c1-5-19-16-13-18(14-16)10-8-17(9-11-18)20(4)12-6-7-15(2)3/h15-17,19H,5-14H2,1-4H3. The van der Waals surface area contributed by atoms with Crippen LogP contribution in [0.25, 0.3) is 0 Å². The third kappa shape index (κ3) is 4.21. The minimum Gasteiger partial charge on any atom is -0.314 e. The van der Waals surface area contributed by atoms with Crippen LogP contribution in [0.1, 0.15) is 72.1 Å². The number of hydrogen-bond acceptors (Lipinski definition) is 2. The second kappa shape index (κ2) is 7.26. The fourth-order valence-electron chi connectivity index (χ4n) is 4.41. The third-order valence-electron chi connectivity index (χ3n) is 5.78. The van der Waals surface area contributed by atoms with E-state index < -0.39 is 0 Å². The van der Waals surface area contributed by atoms with Crippen molar-refractivity contribution in [1.82, 2.24) is 10.2 Å². The van der Waals surface area contributed by atoms with Gasteiger partial charge in [-0.05, 0) is 82.8 Å². The van der Waals surface area contributed by atoms with Crippen LogP contribution in [0.2, 0.25) is 0 Å². The molecule has 0 radical (unpaired) electrons. The Bertz CT molecular complexity index is 271. The summed E-state index contributed by atoms with van der Waals surface area (Å²) in [5, 5.41) is 3.62. The molecule has 0 aliphatic heterocycles. The van der Waals surface area contributed by atoms with Gasteiger partial charge in [0.05, 0.1) is 0 Å². The molecule has 2 saturated carbocycles. The highest BCUT2D eigenvalue weighted by Crippen LogP contribution is 2.52. The number of nitrogens with one attached hydrogen (secondary N) is 1. The Morgan fingerprint density at radius 2 is 1.85 bits per heavy atom. The van der Waals surface area contributed by atoms with Crippen molar-refractivity contribution in [2.75, 3.05) is 20.1 Å². The van der Waals surface area contributed by atoms with Gasteiger partial charge in [0, 0.05) is 12.1 Å². The highest BCUT2D eigenvalue weighted by Gasteiger charge is 2.45. The highest BCUT2D eigenvalue weighted by atomic mass is 15.1. The highest BCUT2D eigenvalue weighted by molar-refractivity contribution is 5.00. The zero-order chi connectivity index (χ0) is 14.6. The van der Waals surface area contributed by atoms with Crippen molar-refractivity contribution in [3.63, 3.8) is 0 Å². The molecule has 0 amide bonds. The Morgan fingerprint density at radius 1 is 1.20 bits per heavy atom. The predicted molar refractivity (Wildman–Crippen MR) is 88.1 cm³/mol. The molecular formula is C18H36N2. The number of nitrogens with zero attached hydrogens (tertiary/aromatic N) is 1. The van der Waals surface area contributed by atoms with Crippen LogP contribution < -0.4 is 5.32 Å². The first-order chi connectivity index (χ1) is 9.54. The van der Waals surface area contributed by atoms with E-state index in [-0.39, 0.29) is 0 Å². The minimum absolute atomic E-state index is 0.738. The quantitative estimate of drug-likeness (QED) is 0.756. The van der Waals surface area contributed by atoms with Crippen LogP contribution in [0, 0.1) is 11.3 Å². The van der Waals surface area contributed by atoms with Crippen LogP contribution in [0.3, 0.4) is 0 Å². The minimum atomic E-state index is 0.738. The lowest BCUT2D eigenvalue weighted by Crippen LogP contribution is -2.52. The van der Waals surface area contributed by atoms with Gasteiger partial charge in [0.25, 0.3) is 0 Å². The summed E-state index contributed by atoms with van der Waals surface area (Å²) < 4.78 is 0. The van der Waals surface area contributed by atoms with E-state index >= 15 is 0 Å². The molecule has 0 aromatic carbocycles. The molecular weight excluding hydrogens is 244 g/mol. The predicted octanol–water partition coefficient (Wildman–Crippen LogP) is 4.06. The maximum atomic E-state index is 3.62. The van der Waals surface area contributed by atoms with Gasteiger partial charge in [0.15, 0.2) is 0 Å². The smallest absolute Gasteiger partial charge is 0.00926 e. The van der Waals surface area contributed by atoms with Gasteiger partial charge in [-0.15, -0.1) is 0 Å². The summed E-state index contributed by atoms with van der Waals surface area (Å²) >= 11 is 0. The molecule has 2 nitrogen and oxygen atoms in total. The second-order valence-electron chi connectivity index (χ2n) is 7.91. The molecule has 0 atom stereocenters. The largest absolute Gasteiger partial charge is 0.314 e. The van der Waals surface area contributed by atoms with Crippen molar-refractivity contribution in [3.8, 4) is 0 Å². The molecule has 1 N–H and O–H groups in total. The number of rotatable bonds is 7. The van der Waals surface area contributed by atoms with E-state index in [0.29, 0.717) is 0 Å². The molecule has 20 heavy (non-hydrogen) atoms. The zero-order valence-corrected chi connectivity index (χ0v) is 14.3. The third-order valence-corrected chi connectivity index (χ3v) is 5.78. The summed E-state index contributed by atoms with van der Waals surface area (Å²) in [5.41, 5.74) is 0.738. The average Bonchev–Trinajstić information content (AvgIpc) is 2.37. The van der Waals surface area contributed by atoms with Gasteiger partial charge in [-0.1, -0.05) is 20.8 Å². The Balaban J connectivity index is 1.64. The summed E-state index contributed by atoms with van der Waals surface area (Å²) in [4.78, 5) is 2.65. The van der Waals surface area contributed by atoms with Crippen LogP contribution in [0.4, 0.5) is 0 Å². The molecule has 0 bridgehead atoms. The molecule has 0 aromatic rings. The lowest BCUT2D eigenvalue weighted by Gasteiger charge is -2.53. The van der Waals surface area contributed by atoms with Crippen LogP contribution in [-0.2, 0) is 0 Å². The van der Waals surface area contributed by atoms with E-state index in [4.69, 9.17) is 0 Å². The summed E-state index contributed by atoms with van der Waals surface area (Å²) in [6.45, 7) is 9.34. The fourth-order valence-corrected chi connectivity index (χ4v) is 4.41. The van der Waals surface area contributed by atoms with Crippen LogP contribution in [0.15, 0.2) is 0 Å². The fraction of sp³-hybridized carbons (Fsp3) is 1.00. The summed E-state index contributed by atoms with van der Waals surface area (Å²) in [5.74, 6) is 0.857. The van der Waals surface area contributed by atoms with Gasteiger partial charge < -0.3 is 10.2 Å². The van der Waals surface area contributed by atoms with Crippen LogP contribution in [-0.4, -0.2) is 37.1 Å². The van der Waals surface area contributed by atoms with Crippen LogP contribution >= 0.6 is 0 Å². The Kier molecular flexibility index (Phi) is 5.92. The monoisotopic (exact) mass is 280 g/mol. The lowest BCUT2D eigenvalue weighted by molar-refractivity contribution is 0.0108. The molecule has 0 unspecified atom stereocenters. The first-order valence-electron chi connectivity index (χ1n) is 8.98. The van der Waals surface area contributed by atoms with Crippen molar-refractivity contribution in [1.29, 1.82) is 0 Å². The first kappa shape index (κ1) is 16.3. The number of hydrogen-bond donors (Lipinski definition) is 1. The van der Waals surface area contributed by atoms with E-state index in [1.54, 1.807) is 0 Å². The van der Waals surface area contributed by atoms with Crippen molar-refractivity contribution < 1.29 is 0 Å². The van der Waals surface area contributed by atoms with E-state index in [9.17, 15) is 0 Å². The van der Waals surface area contributed by atoms with Crippen molar-refractivity contribution in [3.05, 3.63) is 0 Å². The molecule has 118 valence electrons. The molecule has 2 aliphatic carbocycles. The van der Waals surface area contributed by atoms with Gasteiger partial charge in [0.2, 0.25) is 0 Å². The topological polar surface area (TPSA) is 15.3 Å². The molecule has 2 heteroatoms. The molecule has 2 aliphatic rings. The van der Waals surface area contributed by atoms with E-state index in [1.807, 2.05) is 0 Å². The summed E-state index contributed by atoms with van der Waals surface area (Å²) in [6.07, 6.45) is 11.5. The van der Waals surface area contributed by atoms with Crippen molar-refractivity contribution in [2.45, 2.75) is 84.2 Å². The normalized spacial score (nSPS) is 33.9. The average molecular weight is 280 g/mol. The summed E-state index contributed by atoms with van der Waals surface area (Å²) in [6, 6.07) is 1.70. The SMILES string of the molecule is CCNC1CC2(CCC(N(C)CCCC(C)C)CC2)C1. The lowest BCUT2D eigenvalue weighted by atomic mass is 9.57. The molecule has 0 heterocycles. The Hall–Kier alpha value is -0.0800. The maximum absolute atomic E-state index is 3.62. The van der Waals surface area contributed by atoms with Crippen molar-refractivity contribution in [2.24, 2.45) is 11.3 Å². The second-order valence-corrected chi connectivity index (χ2v) is 7.91. The Labute approximate surface area is 126 Å². The van der Waals surface area contributed by atoms with Gasteiger partial charge >= 0.3 is 0 Å². The van der Waals surface area contributed by atoms with E-state index in [0.717, 1.165) is 30.0 Å². The van der Waals surface area contributed by atoms with Crippen molar-refractivity contribution >= 4 is 0 Å². The first-order valence-corrected chi connectivity index (χ1v) is 8.98. The molecule has 1 spiro atoms. The molecule has 0 saturated heterocycles. The maximum Gasteiger partial charge on any atom is 0.00926 e. The van der Waals surface area contributed by atoms with E-state index in [2.05, 4.69) is 38.0 Å². The van der Waals surface area contributed by atoms with Gasteiger partial charge in [0.1, 0.15) is 0 Å². The molecule has 2 rings (SSSR count). The van der Waals surface area contributed by atoms with Gasteiger partial charge in [-0.25, -0.2) is 0 Å². The van der Waals surface area contributed by atoms with Gasteiger partial charge in [-0.2, -0.15) is 0 Å².